The molecule has 0 bridgehead atoms. The molecule has 0 radical (unpaired) electrons. The van der Waals surface area contributed by atoms with Crippen molar-refractivity contribution in [1.82, 2.24) is 5.32 Å². The van der Waals surface area contributed by atoms with Crippen molar-refractivity contribution in [2.24, 2.45) is 0 Å². The number of carbonyl (C=O) groups is 1. The van der Waals surface area contributed by atoms with Crippen molar-refractivity contribution in [3.63, 3.8) is 0 Å². The third kappa shape index (κ3) is 3.78. The van der Waals surface area contributed by atoms with Gasteiger partial charge < -0.3 is 30.5 Å². The summed E-state index contributed by atoms with van der Waals surface area (Å²) in [5.41, 5.74) is 0.791. The summed E-state index contributed by atoms with van der Waals surface area (Å²) < 4.78 is 5.20. The number of nitrogens with one attached hydrogen (secondary N) is 1. The first-order valence-corrected chi connectivity index (χ1v) is 6.66. The molecule has 21 heavy (non-hydrogen) atoms. The van der Waals surface area contributed by atoms with Crippen LogP contribution in [0, 0.1) is 0 Å². The van der Waals surface area contributed by atoms with Crippen molar-refractivity contribution in [3.05, 3.63) is 35.9 Å². The van der Waals surface area contributed by atoms with E-state index >= 15 is 0 Å². The van der Waals surface area contributed by atoms with E-state index in [1.165, 1.54) is 0 Å². The summed E-state index contributed by atoms with van der Waals surface area (Å²) in [4.78, 5) is 11.9. The molecule has 5 unspecified atom stereocenters. The first-order valence-electron chi connectivity index (χ1n) is 6.66. The van der Waals surface area contributed by atoms with Crippen LogP contribution in [0.2, 0.25) is 0 Å². The minimum absolute atomic E-state index is 0.0931. The number of aliphatic hydroxyl groups excluding tert-OH is 4. The zero-order valence-electron chi connectivity index (χ0n) is 11.3. The van der Waals surface area contributed by atoms with E-state index in [4.69, 9.17) is 9.84 Å². The lowest BCUT2D eigenvalue weighted by Crippen LogP contribution is -2.63. The fraction of sp³-hybridized carbons (Fsp3) is 0.500. The summed E-state index contributed by atoms with van der Waals surface area (Å²) >= 11 is 0. The molecule has 1 heterocycles. The van der Waals surface area contributed by atoms with Gasteiger partial charge in [-0.05, 0) is 5.56 Å². The molecule has 5 N–H and O–H groups in total. The Balaban J connectivity index is 1.96. The minimum Gasteiger partial charge on any atom is -0.394 e. The van der Waals surface area contributed by atoms with E-state index in [1.807, 2.05) is 6.07 Å². The number of ether oxygens (including phenoxy) is 1. The zero-order valence-corrected chi connectivity index (χ0v) is 11.3. The number of amides is 1. The zero-order chi connectivity index (χ0) is 15.4. The highest BCUT2D eigenvalue weighted by Gasteiger charge is 2.43. The Morgan fingerprint density at radius 2 is 1.76 bits per heavy atom. The van der Waals surface area contributed by atoms with Crippen LogP contribution in [-0.2, 0) is 16.0 Å². The smallest absolute Gasteiger partial charge is 0.226 e. The molecule has 1 fully saturated rings. The predicted octanol–water partition coefficient (Wildman–Crippen LogP) is -1.85. The summed E-state index contributed by atoms with van der Waals surface area (Å²) in [6, 6.07) is 9.01. The second-order valence-corrected chi connectivity index (χ2v) is 4.98. The van der Waals surface area contributed by atoms with Crippen LogP contribution < -0.4 is 5.32 Å². The van der Waals surface area contributed by atoms with Gasteiger partial charge in [0, 0.05) is 0 Å². The van der Waals surface area contributed by atoms with Crippen molar-refractivity contribution in [1.29, 1.82) is 0 Å². The van der Waals surface area contributed by atoms with E-state index < -0.39 is 43.2 Å². The van der Waals surface area contributed by atoms with Gasteiger partial charge in [0.2, 0.25) is 5.91 Å². The monoisotopic (exact) mass is 297 g/mol. The predicted molar refractivity (Wildman–Crippen MR) is 72.1 cm³/mol. The van der Waals surface area contributed by atoms with Gasteiger partial charge in [0.05, 0.1) is 13.0 Å². The maximum Gasteiger partial charge on any atom is 0.226 e. The number of hydrogen-bond acceptors (Lipinski definition) is 6. The third-order valence-electron chi connectivity index (χ3n) is 3.40. The Kier molecular flexibility index (Phi) is 5.27. The lowest BCUT2D eigenvalue weighted by Gasteiger charge is -2.40. The van der Waals surface area contributed by atoms with Crippen LogP contribution in [0.25, 0.3) is 0 Å². The maximum absolute atomic E-state index is 11.9. The Morgan fingerprint density at radius 3 is 2.38 bits per heavy atom. The topological polar surface area (TPSA) is 119 Å². The van der Waals surface area contributed by atoms with Crippen molar-refractivity contribution in [3.8, 4) is 0 Å². The van der Waals surface area contributed by atoms with Crippen LogP contribution in [-0.4, -0.2) is 63.6 Å². The van der Waals surface area contributed by atoms with Crippen LogP contribution >= 0.6 is 0 Å². The second kappa shape index (κ2) is 6.97. The summed E-state index contributed by atoms with van der Waals surface area (Å²) in [5.74, 6) is -0.398. The number of carbonyl (C=O) groups excluding carboxylic acids is 1. The van der Waals surface area contributed by atoms with Crippen molar-refractivity contribution >= 4 is 5.91 Å². The maximum atomic E-state index is 11.9. The largest absolute Gasteiger partial charge is 0.394 e. The van der Waals surface area contributed by atoms with Crippen LogP contribution in [0.15, 0.2) is 30.3 Å². The Hall–Kier alpha value is -1.51. The van der Waals surface area contributed by atoms with Gasteiger partial charge in [-0.2, -0.15) is 0 Å². The quantitative estimate of drug-likeness (QED) is 0.445. The van der Waals surface area contributed by atoms with E-state index in [-0.39, 0.29) is 6.42 Å². The van der Waals surface area contributed by atoms with Gasteiger partial charge in [-0.15, -0.1) is 0 Å². The summed E-state index contributed by atoms with van der Waals surface area (Å²) in [7, 11) is 0. The molecule has 1 aliphatic rings. The molecule has 0 saturated carbocycles. The van der Waals surface area contributed by atoms with E-state index in [0.717, 1.165) is 5.56 Å². The second-order valence-electron chi connectivity index (χ2n) is 4.98. The number of hydrogen-bond donors (Lipinski definition) is 5. The van der Waals surface area contributed by atoms with Crippen LogP contribution in [0.1, 0.15) is 5.56 Å². The average Bonchev–Trinajstić information content (AvgIpc) is 2.49. The van der Waals surface area contributed by atoms with E-state index in [9.17, 15) is 20.1 Å². The molecule has 116 valence electrons. The summed E-state index contributed by atoms with van der Waals surface area (Å²) in [6.07, 6.45) is -6.54. The summed E-state index contributed by atoms with van der Waals surface area (Å²) in [5, 5.41) is 40.6. The highest BCUT2D eigenvalue weighted by Crippen LogP contribution is 2.19. The first kappa shape index (κ1) is 15.9. The Labute approximate surface area is 121 Å². The molecule has 0 aliphatic carbocycles. The van der Waals surface area contributed by atoms with Gasteiger partial charge in [0.15, 0.2) is 6.23 Å². The molecular formula is C14H19NO6. The molecule has 5 atom stereocenters. The van der Waals surface area contributed by atoms with Crippen LogP contribution in [0.5, 0.6) is 0 Å². The van der Waals surface area contributed by atoms with Crippen molar-refractivity contribution in [2.75, 3.05) is 6.61 Å². The first-order chi connectivity index (χ1) is 10.0. The van der Waals surface area contributed by atoms with Gasteiger partial charge in [-0.3, -0.25) is 4.79 Å². The van der Waals surface area contributed by atoms with Gasteiger partial charge in [-0.25, -0.2) is 0 Å². The third-order valence-corrected chi connectivity index (χ3v) is 3.40. The molecule has 7 heteroatoms. The lowest BCUT2D eigenvalue weighted by atomic mass is 9.98. The molecule has 1 aromatic rings. The molecule has 0 aromatic heterocycles. The highest BCUT2D eigenvalue weighted by molar-refractivity contribution is 5.78. The van der Waals surface area contributed by atoms with Crippen LogP contribution in [0.4, 0.5) is 0 Å². The van der Waals surface area contributed by atoms with Gasteiger partial charge >= 0.3 is 0 Å². The van der Waals surface area contributed by atoms with Crippen LogP contribution in [0.3, 0.4) is 0 Å². The minimum atomic E-state index is -1.50. The molecule has 1 amide bonds. The molecule has 2 rings (SSSR count). The average molecular weight is 297 g/mol. The molecule has 0 spiro atoms. The Bertz CT molecular complexity index is 466. The molecular weight excluding hydrogens is 278 g/mol. The van der Waals surface area contributed by atoms with E-state index in [2.05, 4.69) is 5.32 Å². The fourth-order valence-corrected chi connectivity index (χ4v) is 2.21. The van der Waals surface area contributed by atoms with E-state index in [1.54, 1.807) is 24.3 Å². The molecule has 1 saturated heterocycles. The number of benzene rings is 1. The lowest BCUT2D eigenvalue weighted by molar-refractivity contribution is -0.235. The van der Waals surface area contributed by atoms with Gasteiger partial charge in [-0.1, -0.05) is 30.3 Å². The standard InChI is InChI=1S/C14H19NO6/c16-7-9-11(18)12(19)13(20)14(21-9)15-10(17)6-8-4-2-1-3-5-8/h1-5,9,11-14,16,18-20H,6-7H2,(H,15,17). The van der Waals surface area contributed by atoms with E-state index in [0.29, 0.717) is 0 Å². The summed E-state index contributed by atoms with van der Waals surface area (Å²) in [6.45, 7) is -0.532. The van der Waals surface area contributed by atoms with Crippen molar-refractivity contribution < 1.29 is 30.0 Å². The number of rotatable bonds is 4. The number of aliphatic hydroxyl groups is 4. The highest BCUT2D eigenvalue weighted by atomic mass is 16.6. The molecule has 1 aromatic carbocycles. The molecule has 1 aliphatic heterocycles. The normalized spacial score (nSPS) is 32.7. The van der Waals surface area contributed by atoms with Gasteiger partial charge in [0.1, 0.15) is 24.4 Å². The van der Waals surface area contributed by atoms with Gasteiger partial charge in [0.25, 0.3) is 0 Å². The Morgan fingerprint density at radius 1 is 1.10 bits per heavy atom. The SMILES string of the molecule is O=C(Cc1ccccc1)NC1OC(CO)C(O)C(O)C1O. The fourth-order valence-electron chi connectivity index (χ4n) is 2.21. The van der Waals surface area contributed by atoms with Crippen molar-refractivity contribution in [2.45, 2.75) is 37.1 Å². The molecule has 7 nitrogen and oxygen atoms in total.